The Morgan fingerprint density at radius 3 is 3.05 bits per heavy atom. The molecule has 2 aliphatic heterocycles. The van der Waals surface area contributed by atoms with Gasteiger partial charge in [0.15, 0.2) is 0 Å². The molecule has 0 radical (unpaired) electrons. The Balaban J connectivity index is 2.19. The number of nitrogens with zero attached hydrogens (tertiary/aromatic N) is 1. The molecule has 1 aromatic rings. The minimum atomic E-state index is -0.678. The molecule has 2 bridgehead atoms. The third-order valence-corrected chi connectivity index (χ3v) is 4.27. The molecule has 1 fully saturated rings. The normalized spacial score (nSPS) is 24.1. The van der Waals surface area contributed by atoms with Crippen molar-refractivity contribution in [2.75, 3.05) is 20.2 Å². The minimum absolute atomic E-state index is 0.0355. The third-order valence-electron chi connectivity index (χ3n) is 4.27. The van der Waals surface area contributed by atoms with E-state index in [1.54, 1.807) is 10.6 Å². The van der Waals surface area contributed by atoms with E-state index in [-0.39, 0.29) is 23.6 Å². The Morgan fingerprint density at radius 1 is 1.55 bits per heavy atom. The van der Waals surface area contributed by atoms with Gasteiger partial charge in [-0.25, -0.2) is 4.79 Å². The van der Waals surface area contributed by atoms with Crippen LogP contribution < -0.4 is 10.9 Å². The maximum atomic E-state index is 12.6. The number of aliphatic hydroxyl groups is 1. The third kappa shape index (κ3) is 1.96. The molecule has 6 nitrogen and oxygen atoms in total. The number of pyridine rings is 1. The molecule has 2 N–H and O–H groups in total. The van der Waals surface area contributed by atoms with E-state index in [9.17, 15) is 14.7 Å². The predicted octanol–water partition coefficient (Wildman–Crippen LogP) is -0.166. The first-order chi connectivity index (χ1) is 9.65. The molecule has 2 atom stereocenters. The van der Waals surface area contributed by atoms with Crippen LogP contribution >= 0.6 is 0 Å². The number of aliphatic hydroxyl groups excluding tert-OH is 1. The van der Waals surface area contributed by atoms with Gasteiger partial charge in [0.2, 0.25) is 0 Å². The molecule has 1 saturated heterocycles. The van der Waals surface area contributed by atoms with E-state index >= 15 is 0 Å². The molecule has 0 aliphatic carbocycles. The Labute approximate surface area is 116 Å². The fourth-order valence-corrected chi connectivity index (χ4v) is 3.34. The highest BCUT2D eigenvalue weighted by atomic mass is 16.5. The lowest BCUT2D eigenvalue weighted by molar-refractivity contribution is 0.0593. The maximum Gasteiger partial charge on any atom is 0.343 e. The topological polar surface area (TPSA) is 80.6 Å². The van der Waals surface area contributed by atoms with E-state index in [0.717, 1.165) is 25.2 Å². The van der Waals surface area contributed by atoms with Gasteiger partial charge in [-0.2, -0.15) is 0 Å². The smallest absolute Gasteiger partial charge is 0.343 e. The number of esters is 1. The van der Waals surface area contributed by atoms with Crippen LogP contribution in [-0.2, 0) is 17.9 Å². The Kier molecular flexibility index (Phi) is 3.35. The number of ether oxygens (including phenoxy) is 1. The molecule has 3 heterocycles. The monoisotopic (exact) mass is 278 g/mol. The Bertz CT molecular complexity index is 608. The first-order valence-corrected chi connectivity index (χ1v) is 6.82. The fourth-order valence-electron chi connectivity index (χ4n) is 3.34. The van der Waals surface area contributed by atoms with Crippen LogP contribution in [0.25, 0.3) is 0 Å². The van der Waals surface area contributed by atoms with Crippen LogP contribution in [0.3, 0.4) is 0 Å². The molecule has 108 valence electrons. The van der Waals surface area contributed by atoms with Crippen LogP contribution in [0, 0.1) is 5.92 Å². The van der Waals surface area contributed by atoms with Gasteiger partial charge in [0, 0.05) is 24.7 Å². The first-order valence-electron chi connectivity index (χ1n) is 6.82. The fraction of sp³-hybridized carbons (Fsp3) is 0.571. The SMILES string of the molecule is COC(=O)c1c(CO)cc2n(c1=O)CC1CNCC2C1. The molecular weight excluding hydrogens is 260 g/mol. The zero-order chi connectivity index (χ0) is 14.3. The summed E-state index contributed by atoms with van der Waals surface area (Å²) in [6.07, 6.45) is 1.05. The van der Waals surface area contributed by atoms with Gasteiger partial charge < -0.3 is 19.7 Å². The molecule has 6 heteroatoms. The van der Waals surface area contributed by atoms with Gasteiger partial charge in [-0.15, -0.1) is 0 Å². The summed E-state index contributed by atoms with van der Waals surface area (Å²) in [5, 5.41) is 12.8. The molecular formula is C14H18N2O4. The number of methoxy groups -OCH3 is 1. The van der Waals surface area contributed by atoms with E-state index in [2.05, 4.69) is 10.1 Å². The number of carbonyl (C=O) groups excluding carboxylic acids is 1. The molecule has 3 rings (SSSR count). The van der Waals surface area contributed by atoms with Gasteiger partial charge >= 0.3 is 5.97 Å². The van der Waals surface area contributed by atoms with Crippen molar-refractivity contribution in [2.45, 2.75) is 25.5 Å². The summed E-state index contributed by atoms with van der Waals surface area (Å²) in [5.41, 5.74) is 0.897. The van der Waals surface area contributed by atoms with Crippen molar-refractivity contribution < 1.29 is 14.6 Å². The average molecular weight is 278 g/mol. The molecule has 2 unspecified atom stereocenters. The average Bonchev–Trinajstić information content (AvgIpc) is 2.47. The summed E-state index contributed by atoms with van der Waals surface area (Å²) in [6.45, 7) is 2.01. The van der Waals surface area contributed by atoms with Crippen LogP contribution in [0.1, 0.15) is 34.0 Å². The molecule has 20 heavy (non-hydrogen) atoms. The van der Waals surface area contributed by atoms with Gasteiger partial charge in [-0.05, 0) is 30.5 Å². The number of piperidine rings is 1. The summed E-state index contributed by atoms with van der Waals surface area (Å²) in [7, 11) is 1.24. The molecule has 1 aromatic heterocycles. The van der Waals surface area contributed by atoms with Crippen LogP contribution in [0.5, 0.6) is 0 Å². The second-order valence-corrected chi connectivity index (χ2v) is 5.49. The first kappa shape index (κ1) is 13.3. The Hall–Kier alpha value is -1.66. The van der Waals surface area contributed by atoms with Gasteiger partial charge in [-0.1, -0.05) is 0 Å². The molecule has 0 aromatic carbocycles. The highest BCUT2D eigenvalue weighted by Crippen LogP contribution is 2.32. The van der Waals surface area contributed by atoms with E-state index in [1.165, 1.54) is 7.11 Å². The van der Waals surface area contributed by atoms with Crippen LogP contribution in [0.2, 0.25) is 0 Å². The van der Waals surface area contributed by atoms with E-state index in [1.807, 2.05) is 0 Å². The number of rotatable bonds is 2. The van der Waals surface area contributed by atoms with Crippen LogP contribution in [0.15, 0.2) is 10.9 Å². The predicted molar refractivity (Wildman–Crippen MR) is 71.7 cm³/mol. The number of carbonyl (C=O) groups is 1. The quantitative estimate of drug-likeness (QED) is 0.734. The van der Waals surface area contributed by atoms with Crippen LogP contribution in [-0.4, -0.2) is 35.8 Å². The van der Waals surface area contributed by atoms with Crippen molar-refractivity contribution >= 4 is 5.97 Å². The number of hydrogen-bond acceptors (Lipinski definition) is 5. The highest BCUT2D eigenvalue weighted by Gasteiger charge is 2.33. The highest BCUT2D eigenvalue weighted by molar-refractivity contribution is 5.90. The lowest BCUT2D eigenvalue weighted by Gasteiger charge is -2.37. The summed E-state index contributed by atoms with van der Waals surface area (Å²) in [6, 6.07) is 1.78. The number of hydrogen-bond donors (Lipinski definition) is 2. The molecule has 0 amide bonds. The number of aromatic nitrogens is 1. The van der Waals surface area contributed by atoms with Crippen molar-refractivity contribution in [3.05, 3.63) is 33.2 Å². The van der Waals surface area contributed by atoms with Crippen molar-refractivity contribution in [1.29, 1.82) is 0 Å². The van der Waals surface area contributed by atoms with E-state index in [0.29, 0.717) is 18.0 Å². The van der Waals surface area contributed by atoms with Gasteiger partial charge in [-0.3, -0.25) is 4.79 Å². The van der Waals surface area contributed by atoms with Crippen molar-refractivity contribution in [2.24, 2.45) is 5.92 Å². The summed E-state index contributed by atoms with van der Waals surface area (Å²) in [5.74, 6) is 0.0137. The lowest BCUT2D eigenvalue weighted by Crippen LogP contribution is -2.46. The molecule has 0 saturated carbocycles. The van der Waals surface area contributed by atoms with Crippen molar-refractivity contribution in [3.63, 3.8) is 0 Å². The second kappa shape index (κ2) is 5.03. The summed E-state index contributed by atoms with van der Waals surface area (Å²) < 4.78 is 6.35. The van der Waals surface area contributed by atoms with Gasteiger partial charge in [0.25, 0.3) is 5.56 Å². The van der Waals surface area contributed by atoms with Crippen molar-refractivity contribution in [3.8, 4) is 0 Å². The molecule has 2 aliphatic rings. The standard InChI is InChI=1S/C14H18N2O4/c1-20-14(19)12-10(7-17)3-11-9-2-8(4-15-5-9)6-16(11)13(12)18/h3,8-9,15,17H,2,4-7H2,1H3. The summed E-state index contributed by atoms with van der Waals surface area (Å²) in [4.78, 5) is 24.3. The maximum absolute atomic E-state index is 12.6. The van der Waals surface area contributed by atoms with Gasteiger partial charge in [0.1, 0.15) is 5.56 Å². The zero-order valence-electron chi connectivity index (χ0n) is 11.4. The largest absolute Gasteiger partial charge is 0.465 e. The number of fused-ring (bicyclic) bond motifs is 4. The van der Waals surface area contributed by atoms with E-state index in [4.69, 9.17) is 0 Å². The molecule has 0 spiro atoms. The second-order valence-electron chi connectivity index (χ2n) is 5.49. The summed E-state index contributed by atoms with van der Waals surface area (Å²) >= 11 is 0. The van der Waals surface area contributed by atoms with Crippen molar-refractivity contribution in [1.82, 2.24) is 9.88 Å². The lowest BCUT2D eigenvalue weighted by atomic mass is 9.83. The number of nitrogens with one attached hydrogen (secondary N) is 1. The Morgan fingerprint density at radius 2 is 2.35 bits per heavy atom. The van der Waals surface area contributed by atoms with Crippen LogP contribution in [0.4, 0.5) is 0 Å². The van der Waals surface area contributed by atoms with E-state index < -0.39 is 5.97 Å². The zero-order valence-corrected chi connectivity index (χ0v) is 11.4. The minimum Gasteiger partial charge on any atom is -0.465 e. The van der Waals surface area contributed by atoms with Gasteiger partial charge in [0.05, 0.1) is 13.7 Å².